The molecule has 0 aromatic rings. The summed E-state index contributed by atoms with van der Waals surface area (Å²) in [5.74, 6) is -2.52. The van der Waals surface area contributed by atoms with Crippen molar-refractivity contribution in [3.8, 4) is 0 Å². The summed E-state index contributed by atoms with van der Waals surface area (Å²) in [6.07, 6.45) is -12.6. The van der Waals surface area contributed by atoms with Crippen molar-refractivity contribution in [2.75, 3.05) is 34.5 Å². The molecule has 0 saturated carbocycles. The number of hydrogen-bond donors (Lipinski definition) is 5. The van der Waals surface area contributed by atoms with Gasteiger partial charge < -0.3 is 72.0 Å². The Morgan fingerprint density at radius 2 is 1.37 bits per heavy atom. The number of methoxy groups -OCH3 is 3. The molecular formula is C22H36O15S. The van der Waals surface area contributed by atoms with E-state index in [0.717, 1.165) is 0 Å². The molecule has 0 amide bonds. The van der Waals surface area contributed by atoms with E-state index < -0.39 is 91.5 Å². The Kier molecular flexibility index (Phi) is 8.62. The second kappa shape index (κ2) is 11.2. The molecule has 4 N–H and O–H groups in total. The summed E-state index contributed by atoms with van der Waals surface area (Å²) in [5, 5.41) is 42.3. The van der Waals surface area contributed by atoms with Gasteiger partial charge in [-0.2, -0.15) is 0 Å². The molecule has 7 aliphatic heterocycles. The van der Waals surface area contributed by atoms with Crippen molar-refractivity contribution in [3.05, 3.63) is 0 Å². The molecule has 7 aliphatic rings. The molecule has 0 aromatic heterocycles. The molecule has 0 aromatic carbocycles. The molecular weight excluding hydrogens is 536 g/mol. The van der Waals surface area contributed by atoms with E-state index in [9.17, 15) is 20.4 Å². The van der Waals surface area contributed by atoms with Crippen LogP contribution in [0.1, 0.15) is 13.3 Å². The third-order valence-electron chi connectivity index (χ3n) is 7.88. The predicted molar refractivity (Wildman–Crippen MR) is 122 cm³/mol. The standard InChI is InChI=1S/C22H36O15S/c1-5-21-17(37-38)15(33-21)12(26)20(36-21)30-6-8-13(27-2)9(23)10(24)19(32-8)31-7-22-16(28-3)14(34-22)11(25)18(29-4)35-22/h8-20,23-26,38H,5-7H2,1-4H3. The maximum Gasteiger partial charge on any atom is 0.224 e. The number of thiol groups is 1. The Bertz CT molecular complexity index is 826. The summed E-state index contributed by atoms with van der Waals surface area (Å²) >= 11 is 3.85. The lowest BCUT2D eigenvalue weighted by atomic mass is 9.87. The number of fused-ring (bicyclic) bond motifs is 4. The molecule has 4 bridgehead atoms. The number of aliphatic hydroxyl groups is 4. The second-order valence-electron chi connectivity index (χ2n) is 9.88. The SMILES string of the molecule is CCC12OC(OCC3OC(OCC45OC(OC)C(O)C(O4)C5OC)C(O)C(O)C3OC)C(O)C(O1)C2OS. The summed E-state index contributed by atoms with van der Waals surface area (Å²) in [5.41, 5.74) is 0. The molecule has 7 heterocycles. The zero-order valence-electron chi connectivity index (χ0n) is 21.4. The predicted octanol–water partition coefficient (Wildman–Crippen LogP) is -2.59. The topological polar surface area (TPSA) is 182 Å². The van der Waals surface area contributed by atoms with Gasteiger partial charge in [-0.25, -0.2) is 0 Å². The lowest BCUT2D eigenvalue weighted by Gasteiger charge is -2.60. The minimum absolute atomic E-state index is 0.193. The van der Waals surface area contributed by atoms with Crippen LogP contribution >= 0.6 is 12.9 Å². The number of rotatable bonds is 11. The monoisotopic (exact) mass is 572 g/mol. The van der Waals surface area contributed by atoms with Gasteiger partial charge >= 0.3 is 0 Å². The molecule has 38 heavy (non-hydrogen) atoms. The largest absolute Gasteiger partial charge is 0.387 e. The van der Waals surface area contributed by atoms with Gasteiger partial charge in [0.1, 0.15) is 61.5 Å². The maximum atomic E-state index is 10.7. The Labute approximate surface area is 224 Å². The highest BCUT2D eigenvalue weighted by atomic mass is 32.1. The average Bonchev–Trinajstić information content (AvgIpc) is 2.89. The van der Waals surface area contributed by atoms with Gasteiger partial charge in [0.25, 0.3) is 0 Å². The van der Waals surface area contributed by atoms with E-state index in [1.54, 1.807) is 0 Å². The van der Waals surface area contributed by atoms with Gasteiger partial charge in [-0.3, -0.25) is 0 Å². The minimum atomic E-state index is -1.49. The normalized spacial score (nSPS) is 53.8. The van der Waals surface area contributed by atoms with Gasteiger partial charge in [0.2, 0.25) is 11.6 Å². The number of ether oxygens (including phenoxy) is 10. The minimum Gasteiger partial charge on any atom is -0.387 e. The van der Waals surface area contributed by atoms with E-state index in [-0.39, 0.29) is 13.2 Å². The van der Waals surface area contributed by atoms with E-state index in [2.05, 4.69) is 12.9 Å². The van der Waals surface area contributed by atoms with Crippen LogP contribution in [0.15, 0.2) is 0 Å². The van der Waals surface area contributed by atoms with Gasteiger partial charge in [-0.15, -0.1) is 0 Å². The number of aliphatic hydroxyl groups excluding tert-OH is 4. The van der Waals surface area contributed by atoms with Crippen LogP contribution in [0.3, 0.4) is 0 Å². The van der Waals surface area contributed by atoms with Crippen molar-refractivity contribution in [1.82, 2.24) is 0 Å². The Balaban J connectivity index is 1.22. The second-order valence-corrected chi connectivity index (χ2v) is 10.1. The summed E-state index contributed by atoms with van der Waals surface area (Å²) in [4.78, 5) is 0. The Hall–Kier alpha value is -0.250. The molecule has 220 valence electrons. The highest BCUT2D eigenvalue weighted by molar-refractivity contribution is 7.75. The van der Waals surface area contributed by atoms with Crippen LogP contribution < -0.4 is 0 Å². The van der Waals surface area contributed by atoms with Crippen molar-refractivity contribution in [2.45, 2.75) is 105 Å². The highest BCUT2D eigenvalue weighted by Gasteiger charge is 2.68. The molecule has 15 atom stereocenters. The van der Waals surface area contributed by atoms with Crippen LogP contribution in [-0.2, 0) is 51.6 Å². The van der Waals surface area contributed by atoms with E-state index in [4.69, 9.17) is 51.6 Å². The molecule has 15 nitrogen and oxygen atoms in total. The third kappa shape index (κ3) is 4.52. The quantitative estimate of drug-likeness (QED) is 0.128. The van der Waals surface area contributed by atoms with Crippen molar-refractivity contribution in [3.63, 3.8) is 0 Å². The van der Waals surface area contributed by atoms with Gasteiger partial charge in [0.05, 0.1) is 6.61 Å². The van der Waals surface area contributed by atoms with Crippen molar-refractivity contribution in [1.29, 1.82) is 0 Å². The zero-order chi connectivity index (χ0) is 27.4. The fraction of sp³-hybridized carbons (Fsp3) is 1.00. The first-order valence-corrected chi connectivity index (χ1v) is 12.8. The van der Waals surface area contributed by atoms with Crippen LogP contribution in [0.4, 0.5) is 0 Å². The molecule has 7 fully saturated rings. The molecule has 7 rings (SSSR count). The van der Waals surface area contributed by atoms with E-state index in [1.807, 2.05) is 6.92 Å². The molecule has 7 saturated heterocycles. The van der Waals surface area contributed by atoms with Gasteiger partial charge in [0, 0.05) is 27.8 Å². The van der Waals surface area contributed by atoms with Crippen LogP contribution in [0, 0.1) is 0 Å². The van der Waals surface area contributed by atoms with E-state index in [1.165, 1.54) is 21.3 Å². The molecule has 0 aliphatic carbocycles. The van der Waals surface area contributed by atoms with E-state index >= 15 is 0 Å². The Morgan fingerprint density at radius 1 is 0.711 bits per heavy atom. The maximum absolute atomic E-state index is 10.7. The first kappa shape index (κ1) is 29.2. The summed E-state index contributed by atoms with van der Waals surface area (Å²) in [6, 6.07) is 0. The van der Waals surface area contributed by atoms with Crippen LogP contribution in [0.25, 0.3) is 0 Å². The zero-order valence-corrected chi connectivity index (χ0v) is 22.2. The van der Waals surface area contributed by atoms with Gasteiger partial charge in [-0.05, 0) is 12.9 Å². The van der Waals surface area contributed by atoms with Crippen LogP contribution in [-0.4, -0.2) is 146 Å². The fourth-order valence-electron chi connectivity index (χ4n) is 5.75. The van der Waals surface area contributed by atoms with Crippen LogP contribution in [0.2, 0.25) is 0 Å². The van der Waals surface area contributed by atoms with E-state index in [0.29, 0.717) is 6.42 Å². The highest BCUT2D eigenvalue weighted by Crippen LogP contribution is 2.48. The Morgan fingerprint density at radius 3 is 2.00 bits per heavy atom. The molecule has 0 spiro atoms. The van der Waals surface area contributed by atoms with Crippen molar-refractivity contribution >= 4 is 12.9 Å². The third-order valence-corrected chi connectivity index (χ3v) is 8.10. The average molecular weight is 573 g/mol. The molecule has 16 heteroatoms. The lowest BCUT2D eigenvalue weighted by molar-refractivity contribution is -0.507. The van der Waals surface area contributed by atoms with Crippen molar-refractivity contribution in [2.24, 2.45) is 0 Å². The first-order valence-electron chi connectivity index (χ1n) is 12.4. The number of hydrogen-bond acceptors (Lipinski definition) is 16. The van der Waals surface area contributed by atoms with Crippen LogP contribution in [0.5, 0.6) is 0 Å². The smallest absolute Gasteiger partial charge is 0.224 e. The van der Waals surface area contributed by atoms with Gasteiger partial charge in [-0.1, -0.05) is 6.92 Å². The lowest BCUT2D eigenvalue weighted by Crippen LogP contribution is -2.79. The summed E-state index contributed by atoms with van der Waals surface area (Å²) in [7, 11) is 4.17. The summed E-state index contributed by atoms with van der Waals surface area (Å²) in [6.45, 7) is 1.37. The van der Waals surface area contributed by atoms with Gasteiger partial charge in [0.15, 0.2) is 25.0 Å². The summed E-state index contributed by atoms with van der Waals surface area (Å²) < 4.78 is 61.5. The first-order chi connectivity index (χ1) is 18.2. The fourth-order valence-corrected chi connectivity index (χ4v) is 6.03. The van der Waals surface area contributed by atoms with Crippen molar-refractivity contribution < 1.29 is 72.0 Å². The molecule has 15 unspecified atom stereocenters. The molecule has 0 radical (unpaired) electrons.